The molecule has 0 unspecified atom stereocenters. The number of alkyl halides is 2. The molecule has 2 aromatic rings. The summed E-state index contributed by atoms with van der Waals surface area (Å²) in [4.78, 5) is 19.8. The Balaban J connectivity index is 1.77. The maximum atomic E-state index is 12.6. The molecule has 0 spiro atoms. The lowest BCUT2D eigenvalue weighted by Gasteiger charge is -2.12. The monoisotopic (exact) mass is 329 g/mol. The van der Waals surface area contributed by atoms with E-state index >= 15 is 0 Å². The number of carbonyl (C=O) groups excluding carboxylic acids is 1. The molecule has 22 heavy (non-hydrogen) atoms. The van der Waals surface area contributed by atoms with Crippen LogP contribution in [0.1, 0.15) is 35.9 Å². The van der Waals surface area contributed by atoms with E-state index in [1.165, 1.54) is 12.4 Å². The van der Waals surface area contributed by atoms with Crippen LogP contribution in [0.3, 0.4) is 0 Å². The molecule has 0 aliphatic carbocycles. The number of imidazole rings is 1. The zero-order valence-corrected chi connectivity index (χ0v) is 13.0. The largest absolute Gasteiger partial charge is 0.337 e. The van der Waals surface area contributed by atoms with Gasteiger partial charge in [-0.15, -0.1) is 11.3 Å². The van der Waals surface area contributed by atoms with Crippen molar-refractivity contribution >= 4 is 17.4 Å². The highest BCUT2D eigenvalue weighted by Gasteiger charge is 2.13. The highest BCUT2D eigenvalue weighted by Crippen LogP contribution is 2.18. The number of aryl methyl sites for hydroxylation is 1. The molecule has 0 saturated heterocycles. The van der Waals surface area contributed by atoms with Crippen LogP contribution in [0, 0.1) is 6.92 Å². The molecule has 2 aromatic heterocycles. The number of hydrogen-bond acceptors (Lipinski definition) is 4. The van der Waals surface area contributed by atoms with Crippen molar-refractivity contribution in [2.75, 3.05) is 6.54 Å². The van der Waals surface area contributed by atoms with Gasteiger partial charge in [-0.25, -0.2) is 14.8 Å². The summed E-state index contributed by atoms with van der Waals surface area (Å²) >= 11 is 1.55. The van der Waals surface area contributed by atoms with E-state index in [0.29, 0.717) is 11.1 Å². The maximum absolute atomic E-state index is 12.6. The number of urea groups is 1. The minimum Gasteiger partial charge on any atom is -0.337 e. The minimum atomic E-state index is -2.67. The number of carbonyl (C=O) groups is 1. The van der Waals surface area contributed by atoms with Crippen LogP contribution in [0.15, 0.2) is 17.8 Å². The molecule has 0 aromatic carbocycles. The third-order valence-corrected chi connectivity index (χ3v) is 4.19. The molecule has 0 radical (unpaired) electrons. The summed E-state index contributed by atoms with van der Waals surface area (Å²) in [5, 5.41) is 8.11. The number of nitrogens with zero attached hydrogens (tertiary/aromatic N) is 3. The highest BCUT2D eigenvalue weighted by molar-refractivity contribution is 7.09. The topological polar surface area (TPSA) is 71.8 Å². The first-order valence-electron chi connectivity index (χ1n) is 6.71. The van der Waals surface area contributed by atoms with Gasteiger partial charge in [0.1, 0.15) is 5.82 Å². The molecular formula is C13H17F2N5OS. The van der Waals surface area contributed by atoms with Crippen LogP contribution in [0.5, 0.6) is 0 Å². The van der Waals surface area contributed by atoms with Crippen LogP contribution in [0.2, 0.25) is 0 Å². The van der Waals surface area contributed by atoms with Crippen LogP contribution in [0.4, 0.5) is 13.6 Å². The van der Waals surface area contributed by atoms with Gasteiger partial charge in [0.25, 0.3) is 0 Å². The van der Waals surface area contributed by atoms with Crippen molar-refractivity contribution in [2.45, 2.75) is 32.9 Å². The van der Waals surface area contributed by atoms with Crippen LogP contribution in [0.25, 0.3) is 0 Å². The lowest BCUT2D eigenvalue weighted by atomic mass is 10.2. The number of thiazole rings is 1. The van der Waals surface area contributed by atoms with Crippen LogP contribution < -0.4 is 10.6 Å². The van der Waals surface area contributed by atoms with Gasteiger partial charge in [-0.1, -0.05) is 6.92 Å². The third-order valence-electron chi connectivity index (χ3n) is 2.99. The Morgan fingerprint density at radius 3 is 2.86 bits per heavy atom. The summed E-state index contributed by atoms with van der Waals surface area (Å²) in [5.74, 6) is 0.196. The number of rotatable bonds is 6. The number of aromatic nitrogens is 3. The number of nitrogens with one attached hydrogen (secondary N) is 2. The Morgan fingerprint density at radius 2 is 2.23 bits per heavy atom. The minimum absolute atomic E-state index is 0.0616. The molecular weight excluding hydrogens is 312 g/mol. The lowest BCUT2D eigenvalue weighted by Crippen LogP contribution is -2.37. The molecule has 120 valence electrons. The summed E-state index contributed by atoms with van der Waals surface area (Å²) in [6.07, 6.45) is 2.44. The van der Waals surface area contributed by atoms with E-state index in [4.69, 9.17) is 0 Å². The zero-order chi connectivity index (χ0) is 16.1. The Morgan fingerprint density at radius 1 is 1.45 bits per heavy atom. The quantitative estimate of drug-likeness (QED) is 0.856. The van der Waals surface area contributed by atoms with Crippen molar-refractivity contribution < 1.29 is 13.6 Å². The molecule has 2 N–H and O–H groups in total. The smallest absolute Gasteiger partial charge is 0.319 e. The lowest BCUT2D eigenvalue weighted by molar-refractivity contribution is 0.0667. The van der Waals surface area contributed by atoms with Crippen molar-refractivity contribution in [3.63, 3.8) is 0 Å². The van der Waals surface area contributed by atoms with Crippen molar-refractivity contribution in [3.05, 3.63) is 34.3 Å². The van der Waals surface area contributed by atoms with Crippen molar-refractivity contribution in [1.82, 2.24) is 25.2 Å². The van der Waals surface area contributed by atoms with Gasteiger partial charge in [-0.2, -0.15) is 8.78 Å². The van der Waals surface area contributed by atoms with Gasteiger partial charge in [0.2, 0.25) is 0 Å². The number of amides is 2. The van der Waals surface area contributed by atoms with Crippen molar-refractivity contribution in [3.8, 4) is 0 Å². The summed E-state index contributed by atoms with van der Waals surface area (Å²) in [6.45, 7) is 1.56. The SMILES string of the molecule is Cc1csc([C@@H](C)CNC(=O)NCc2nccn2C(F)F)n1. The second-order valence-electron chi connectivity index (χ2n) is 4.82. The fourth-order valence-electron chi connectivity index (χ4n) is 1.81. The number of hydrogen-bond donors (Lipinski definition) is 2. The predicted octanol–water partition coefficient (Wildman–Crippen LogP) is 2.65. The standard InChI is InChI=1S/C13H17F2N5OS/c1-8(11-19-9(2)7-22-11)5-17-13(21)18-6-10-16-3-4-20(10)12(14)15/h3-4,7-8,12H,5-6H2,1-2H3,(H2,17,18,21)/t8-/m0/s1. The fourth-order valence-corrected chi connectivity index (χ4v) is 2.67. The van der Waals surface area contributed by atoms with Gasteiger partial charge in [-0.3, -0.25) is 4.57 Å². The van der Waals surface area contributed by atoms with Crippen LogP contribution >= 0.6 is 11.3 Å². The van der Waals surface area contributed by atoms with E-state index in [-0.39, 0.29) is 18.3 Å². The first-order valence-corrected chi connectivity index (χ1v) is 7.59. The van der Waals surface area contributed by atoms with Gasteiger partial charge in [0.15, 0.2) is 0 Å². The molecule has 0 saturated carbocycles. The summed E-state index contributed by atoms with van der Waals surface area (Å²) in [7, 11) is 0. The van der Waals surface area contributed by atoms with E-state index < -0.39 is 12.6 Å². The van der Waals surface area contributed by atoms with Gasteiger partial charge in [-0.05, 0) is 6.92 Å². The maximum Gasteiger partial charge on any atom is 0.319 e. The molecule has 2 rings (SSSR count). The second-order valence-corrected chi connectivity index (χ2v) is 5.71. The fraction of sp³-hybridized carbons (Fsp3) is 0.462. The van der Waals surface area contributed by atoms with E-state index in [9.17, 15) is 13.6 Å². The molecule has 2 amide bonds. The molecule has 9 heteroatoms. The molecule has 2 heterocycles. The van der Waals surface area contributed by atoms with E-state index in [0.717, 1.165) is 10.7 Å². The third kappa shape index (κ3) is 4.23. The van der Waals surface area contributed by atoms with Crippen LogP contribution in [-0.4, -0.2) is 27.1 Å². The average Bonchev–Trinajstić information content (AvgIpc) is 3.11. The van der Waals surface area contributed by atoms with E-state index in [1.807, 2.05) is 19.2 Å². The van der Waals surface area contributed by atoms with Crippen molar-refractivity contribution in [1.29, 1.82) is 0 Å². The average molecular weight is 329 g/mol. The first kappa shape index (κ1) is 16.3. The van der Waals surface area contributed by atoms with Gasteiger partial charge in [0.05, 0.1) is 11.6 Å². The first-order chi connectivity index (χ1) is 10.5. The van der Waals surface area contributed by atoms with Gasteiger partial charge < -0.3 is 10.6 Å². The normalized spacial score (nSPS) is 12.4. The summed E-state index contributed by atoms with van der Waals surface area (Å²) in [5.41, 5.74) is 0.954. The molecule has 0 aliphatic heterocycles. The van der Waals surface area contributed by atoms with E-state index in [2.05, 4.69) is 20.6 Å². The molecule has 0 fully saturated rings. The number of halogens is 2. The zero-order valence-electron chi connectivity index (χ0n) is 12.2. The summed E-state index contributed by atoms with van der Waals surface area (Å²) in [6, 6.07) is -0.427. The highest BCUT2D eigenvalue weighted by atomic mass is 32.1. The van der Waals surface area contributed by atoms with Crippen molar-refractivity contribution in [2.24, 2.45) is 0 Å². The predicted molar refractivity (Wildman–Crippen MR) is 79.0 cm³/mol. The molecule has 0 bridgehead atoms. The Hall–Kier alpha value is -2.03. The van der Waals surface area contributed by atoms with Gasteiger partial charge in [0, 0.05) is 35.9 Å². The molecule has 1 atom stereocenters. The van der Waals surface area contributed by atoms with E-state index in [1.54, 1.807) is 11.3 Å². The van der Waals surface area contributed by atoms with Crippen LogP contribution in [-0.2, 0) is 6.54 Å². The Labute approximate surface area is 130 Å². The second kappa shape index (κ2) is 7.30. The molecule has 6 nitrogen and oxygen atoms in total. The van der Waals surface area contributed by atoms with Gasteiger partial charge >= 0.3 is 12.6 Å². The Kier molecular flexibility index (Phi) is 5.42. The Bertz CT molecular complexity index is 627. The molecule has 0 aliphatic rings. The summed E-state index contributed by atoms with van der Waals surface area (Å²) < 4.78 is 25.9.